The average molecular weight is 527 g/mol. The Morgan fingerprint density at radius 3 is 2.23 bits per heavy atom. The number of anilines is 2. The van der Waals surface area contributed by atoms with Crippen LogP contribution in [0.4, 0.5) is 10.7 Å². The van der Waals surface area contributed by atoms with E-state index < -0.39 is 27.1 Å². The minimum absolute atomic E-state index is 0.0233. The van der Waals surface area contributed by atoms with E-state index in [0.717, 1.165) is 26.8 Å². The molecule has 1 unspecified atom stereocenters. The van der Waals surface area contributed by atoms with Crippen LogP contribution in [0.25, 0.3) is 0 Å². The van der Waals surface area contributed by atoms with Crippen LogP contribution in [-0.4, -0.2) is 28.3 Å². The van der Waals surface area contributed by atoms with Crippen LogP contribution in [0.1, 0.15) is 21.5 Å². The van der Waals surface area contributed by atoms with Gasteiger partial charge in [0.05, 0.1) is 32.3 Å². The molecule has 1 aromatic heterocycles. The lowest BCUT2D eigenvalue weighted by atomic mass is 10.0. The second kappa shape index (κ2) is 10.5. The Morgan fingerprint density at radius 1 is 0.914 bits per heavy atom. The normalized spacial score (nSPS) is 12.3. The molecule has 0 aliphatic heterocycles. The highest BCUT2D eigenvalue weighted by Gasteiger charge is 2.23. The highest BCUT2D eigenvalue weighted by Crippen LogP contribution is 2.37. The van der Waals surface area contributed by atoms with E-state index in [1.54, 1.807) is 48.5 Å². The standard InChI is InChI=1S/C25H21NO6S3/c27-25(28)20-14-11-18(12-15-20)10-13-19-6-4-5-9-23(19)26(34(29)30)24-16-22(17-33-24)35(31,32)21-7-2-1-3-8-21/h1-9,11-12,14-17H,10,13H2,(H,27,28)(H,29,30)/p-1. The van der Waals surface area contributed by atoms with E-state index >= 15 is 0 Å². The Labute approximate surface area is 209 Å². The van der Waals surface area contributed by atoms with Crippen LogP contribution in [0, 0.1) is 0 Å². The number of hydrogen-bond acceptors (Lipinski definition) is 6. The largest absolute Gasteiger partial charge is 0.755 e. The minimum Gasteiger partial charge on any atom is -0.755 e. The van der Waals surface area contributed by atoms with Gasteiger partial charge in [0.1, 0.15) is 5.00 Å². The SMILES string of the molecule is O=C(O)c1ccc(CCc2ccccc2N(c2cc(S(=O)(=O)c3ccccc3)cs2)S(=O)[O-])cc1. The van der Waals surface area contributed by atoms with E-state index in [0.29, 0.717) is 18.5 Å². The van der Waals surface area contributed by atoms with Crippen LogP contribution in [0.5, 0.6) is 0 Å². The topological polar surface area (TPSA) is 115 Å². The fourth-order valence-corrected chi connectivity index (χ4v) is 6.90. The number of carbonyl (C=O) groups is 1. The quantitative estimate of drug-likeness (QED) is 0.307. The average Bonchev–Trinajstić information content (AvgIpc) is 3.35. The fraction of sp³-hybridized carbons (Fsp3) is 0.0800. The molecule has 3 aromatic carbocycles. The van der Waals surface area contributed by atoms with Gasteiger partial charge in [-0.15, -0.1) is 11.3 Å². The third kappa shape index (κ3) is 5.51. The first kappa shape index (κ1) is 24.8. The van der Waals surface area contributed by atoms with Crippen LogP contribution in [0.3, 0.4) is 0 Å². The van der Waals surface area contributed by atoms with Gasteiger partial charge in [-0.2, -0.15) is 0 Å². The lowest BCUT2D eigenvalue weighted by Gasteiger charge is -2.27. The van der Waals surface area contributed by atoms with E-state index in [1.165, 1.54) is 35.7 Å². The number of sulfone groups is 1. The van der Waals surface area contributed by atoms with Gasteiger partial charge in [-0.3, -0.25) is 8.51 Å². The third-order valence-electron chi connectivity index (χ3n) is 5.37. The Morgan fingerprint density at radius 2 is 1.57 bits per heavy atom. The summed E-state index contributed by atoms with van der Waals surface area (Å²) in [7, 11) is -3.78. The molecule has 0 aliphatic carbocycles. The number of benzene rings is 3. The molecule has 0 amide bonds. The second-order valence-corrected chi connectivity index (χ2v) is 11.2. The molecular weight excluding hydrogens is 506 g/mol. The van der Waals surface area contributed by atoms with Gasteiger partial charge in [0.2, 0.25) is 9.84 Å². The Kier molecular flexibility index (Phi) is 7.46. The van der Waals surface area contributed by atoms with E-state index in [2.05, 4.69) is 0 Å². The zero-order chi connectivity index (χ0) is 25.0. The van der Waals surface area contributed by atoms with Crippen LogP contribution in [0.2, 0.25) is 0 Å². The number of carboxylic acids is 1. The van der Waals surface area contributed by atoms with Crippen molar-refractivity contribution in [3.05, 3.63) is 107 Å². The molecular formula is C25H20NO6S3-. The number of aromatic carboxylic acids is 1. The molecule has 35 heavy (non-hydrogen) atoms. The van der Waals surface area contributed by atoms with Crippen molar-refractivity contribution in [3.63, 3.8) is 0 Å². The molecule has 0 saturated heterocycles. The molecule has 0 aliphatic rings. The Balaban J connectivity index is 1.62. The molecule has 4 rings (SSSR count). The molecule has 10 heteroatoms. The van der Waals surface area contributed by atoms with Crippen molar-refractivity contribution in [2.75, 3.05) is 4.31 Å². The first-order valence-electron chi connectivity index (χ1n) is 10.5. The van der Waals surface area contributed by atoms with Gasteiger partial charge in [0.25, 0.3) is 0 Å². The highest BCUT2D eigenvalue weighted by molar-refractivity contribution is 7.91. The Bertz CT molecular complexity index is 1460. The molecule has 7 nitrogen and oxygen atoms in total. The van der Waals surface area contributed by atoms with Crippen LogP contribution in [-0.2, 0) is 33.9 Å². The number of thiophene rings is 1. The number of nitrogens with zero attached hydrogens (tertiary/aromatic N) is 1. The Hall–Kier alpha value is -3.31. The van der Waals surface area contributed by atoms with Crippen LogP contribution >= 0.6 is 11.3 Å². The van der Waals surface area contributed by atoms with Crippen molar-refractivity contribution >= 4 is 49.1 Å². The summed E-state index contributed by atoms with van der Waals surface area (Å²) in [6, 6.07) is 22.9. The lowest BCUT2D eigenvalue weighted by molar-refractivity contribution is 0.0697. The summed E-state index contributed by atoms with van der Waals surface area (Å²) >= 11 is -1.67. The molecule has 0 bridgehead atoms. The number of para-hydroxylation sites is 1. The maximum atomic E-state index is 13.0. The second-order valence-electron chi connectivity index (χ2n) is 7.58. The number of carboxylic acid groups (broad SMARTS) is 1. The van der Waals surface area contributed by atoms with Gasteiger partial charge in [-0.05, 0) is 60.4 Å². The summed E-state index contributed by atoms with van der Waals surface area (Å²) in [6.07, 6.45) is 1.06. The summed E-state index contributed by atoms with van der Waals surface area (Å²) in [6.45, 7) is 0. The molecule has 0 radical (unpaired) electrons. The van der Waals surface area contributed by atoms with Crippen molar-refractivity contribution in [1.82, 2.24) is 0 Å². The summed E-state index contributed by atoms with van der Waals surface area (Å²) in [5.41, 5.74) is 2.28. The monoisotopic (exact) mass is 526 g/mol. The molecule has 1 N–H and O–H groups in total. The molecule has 0 saturated carbocycles. The molecule has 180 valence electrons. The van der Waals surface area contributed by atoms with Gasteiger partial charge < -0.3 is 9.66 Å². The maximum absolute atomic E-state index is 13.0. The van der Waals surface area contributed by atoms with Gasteiger partial charge in [0.15, 0.2) is 0 Å². The van der Waals surface area contributed by atoms with Gasteiger partial charge in [-0.1, -0.05) is 48.5 Å². The smallest absolute Gasteiger partial charge is 0.335 e. The first-order valence-corrected chi connectivity index (χ1v) is 13.8. The van der Waals surface area contributed by atoms with Crippen molar-refractivity contribution < 1.29 is 27.1 Å². The fourth-order valence-electron chi connectivity index (χ4n) is 3.58. The van der Waals surface area contributed by atoms with E-state index in [9.17, 15) is 22.0 Å². The van der Waals surface area contributed by atoms with Crippen molar-refractivity contribution in [2.24, 2.45) is 0 Å². The molecule has 0 fully saturated rings. The molecule has 1 atom stereocenters. The van der Waals surface area contributed by atoms with Gasteiger partial charge >= 0.3 is 5.97 Å². The molecule has 1 heterocycles. The van der Waals surface area contributed by atoms with Gasteiger partial charge in [-0.25, -0.2) is 13.2 Å². The predicted octanol–water partition coefficient (Wildman–Crippen LogP) is 5.00. The number of aryl methyl sites for hydroxylation is 2. The van der Waals surface area contributed by atoms with Crippen molar-refractivity contribution in [1.29, 1.82) is 0 Å². The van der Waals surface area contributed by atoms with Crippen LogP contribution in [0.15, 0.2) is 100 Å². The first-order chi connectivity index (χ1) is 16.8. The third-order valence-corrected chi connectivity index (χ3v) is 8.99. The predicted molar refractivity (Wildman–Crippen MR) is 135 cm³/mol. The van der Waals surface area contributed by atoms with E-state index in [-0.39, 0.29) is 20.4 Å². The van der Waals surface area contributed by atoms with Crippen molar-refractivity contribution in [2.45, 2.75) is 22.6 Å². The number of rotatable bonds is 9. The van der Waals surface area contributed by atoms with E-state index in [1.807, 2.05) is 6.07 Å². The summed E-state index contributed by atoms with van der Waals surface area (Å²) in [4.78, 5) is 11.2. The zero-order valence-corrected chi connectivity index (χ0v) is 20.7. The summed E-state index contributed by atoms with van der Waals surface area (Å²) in [5.74, 6) is -1.000. The molecule has 0 spiro atoms. The lowest BCUT2D eigenvalue weighted by Crippen LogP contribution is -2.20. The van der Waals surface area contributed by atoms with Crippen molar-refractivity contribution in [3.8, 4) is 0 Å². The maximum Gasteiger partial charge on any atom is 0.335 e. The minimum atomic E-state index is -3.78. The van der Waals surface area contributed by atoms with Gasteiger partial charge in [0, 0.05) is 5.38 Å². The molecule has 4 aromatic rings. The van der Waals surface area contributed by atoms with E-state index in [4.69, 9.17) is 5.11 Å². The summed E-state index contributed by atoms with van der Waals surface area (Å²) in [5, 5.41) is 10.7. The van der Waals surface area contributed by atoms with Crippen LogP contribution < -0.4 is 4.31 Å². The number of hydrogen-bond donors (Lipinski definition) is 1. The summed E-state index contributed by atoms with van der Waals surface area (Å²) < 4.78 is 51.6. The zero-order valence-electron chi connectivity index (χ0n) is 18.2. The highest BCUT2D eigenvalue weighted by atomic mass is 32.2.